The van der Waals surface area contributed by atoms with Crippen molar-refractivity contribution < 1.29 is 4.79 Å². The van der Waals surface area contributed by atoms with Gasteiger partial charge in [-0.25, -0.2) is 9.97 Å². The highest BCUT2D eigenvalue weighted by atomic mass is 35.5. The number of anilines is 1. The van der Waals surface area contributed by atoms with Crippen molar-refractivity contribution in [3.8, 4) is 0 Å². The molecule has 0 radical (unpaired) electrons. The maximum absolute atomic E-state index is 12.3. The molecule has 3 rings (SSSR count). The Morgan fingerprint density at radius 3 is 2.42 bits per heavy atom. The summed E-state index contributed by atoms with van der Waals surface area (Å²) in [5, 5.41) is 4.33. The third-order valence-electron chi connectivity index (χ3n) is 3.66. The fraction of sp³-hybridized carbons (Fsp3) is 0.105. The summed E-state index contributed by atoms with van der Waals surface area (Å²) in [6, 6.07) is 14.4. The van der Waals surface area contributed by atoms with E-state index in [1.54, 1.807) is 24.3 Å². The van der Waals surface area contributed by atoms with Gasteiger partial charge in [0.05, 0.1) is 12.1 Å². The van der Waals surface area contributed by atoms with Crippen LogP contribution in [0.15, 0.2) is 54.9 Å². The fourth-order valence-corrected chi connectivity index (χ4v) is 3.21. The molecule has 0 atom stereocenters. The molecule has 1 heterocycles. The summed E-state index contributed by atoms with van der Waals surface area (Å²) in [6.45, 7) is 0. The van der Waals surface area contributed by atoms with Gasteiger partial charge in [0.15, 0.2) is 0 Å². The zero-order chi connectivity index (χ0) is 18.5. The van der Waals surface area contributed by atoms with Crippen LogP contribution in [0.5, 0.6) is 0 Å². The van der Waals surface area contributed by atoms with Gasteiger partial charge in [0, 0.05) is 27.6 Å². The van der Waals surface area contributed by atoms with Crippen LogP contribution in [-0.2, 0) is 17.6 Å². The number of nitrogens with one attached hydrogen (secondary N) is 1. The van der Waals surface area contributed by atoms with Crippen molar-refractivity contribution >= 4 is 46.5 Å². The molecule has 0 aliphatic carbocycles. The molecular weight excluding hydrogens is 393 g/mol. The second-order valence-corrected chi connectivity index (χ2v) is 6.88. The molecule has 1 aromatic heterocycles. The number of rotatable bonds is 5. The maximum Gasteiger partial charge on any atom is 0.230 e. The molecule has 2 aromatic carbocycles. The lowest BCUT2D eigenvalue weighted by Gasteiger charge is -2.08. The molecular formula is C19H14Cl3N3O. The standard InChI is InChI=1S/C19H14Cl3N3O/c20-13-4-1-3-12(7-13)8-14-9-18(24-11-23-14)25-19(26)10-15-16(21)5-2-6-17(15)22/h1-7,9,11H,8,10H2,(H,23,24,25,26). The van der Waals surface area contributed by atoms with E-state index in [0.29, 0.717) is 32.9 Å². The lowest BCUT2D eigenvalue weighted by Crippen LogP contribution is -2.16. The largest absolute Gasteiger partial charge is 0.310 e. The average molecular weight is 407 g/mol. The highest BCUT2D eigenvalue weighted by molar-refractivity contribution is 6.36. The van der Waals surface area contributed by atoms with Crippen LogP contribution in [0.4, 0.5) is 5.82 Å². The molecule has 4 nitrogen and oxygen atoms in total. The molecule has 0 bridgehead atoms. The third kappa shape index (κ3) is 4.94. The number of carbonyl (C=O) groups is 1. The predicted octanol–water partition coefficient (Wildman–Crippen LogP) is 5.21. The van der Waals surface area contributed by atoms with Gasteiger partial charge in [-0.15, -0.1) is 0 Å². The van der Waals surface area contributed by atoms with E-state index in [1.165, 1.54) is 6.33 Å². The molecule has 7 heteroatoms. The summed E-state index contributed by atoms with van der Waals surface area (Å²) >= 11 is 18.2. The van der Waals surface area contributed by atoms with Crippen molar-refractivity contribution in [2.75, 3.05) is 5.32 Å². The molecule has 132 valence electrons. The minimum absolute atomic E-state index is 0.0616. The minimum Gasteiger partial charge on any atom is -0.310 e. The van der Waals surface area contributed by atoms with Crippen molar-refractivity contribution in [1.82, 2.24) is 9.97 Å². The van der Waals surface area contributed by atoms with Crippen LogP contribution < -0.4 is 5.32 Å². The number of aromatic nitrogens is 2. The Morgan fingerprint density at radius 1 is 0.962 bits per heavy atom. The summed E-state index contributed by atoms with van der Waals surface area (Å²) in [7, 11) is 0. The van der Waals surface area contributed by atoms with E-state index < -0.39 is 0 Å². The number of hydrogen-bond acceptors (Lipinski definition) is 3. The molecule has 1 amide bonds. The lowest BCUT2D eigenvalue weighted by atomic mass is 10.1. The van der Waals surface area contributed by atoms with E-state index in [4.69, 9.17) is 34.8 Å². The van der Waals surface area contributed by atoms with Crippen molar-refractivity contribution in [3.63, 3.8) is 0 Å². The second-order valence-electron chi connectivity index (χ2n) is 5.63. The molecule has 0 spiro atoms. The summed E-state index contributed by atoms with van der Waals surface area (Å²) in [6.07, 6.45) is 2.06. The van der Waals surface area contributed by atoms with Crippen molar-refractivity contribution in [2.45, 2.75) is 12.8 Å². The number of nitrogens with zero attached hydrogens (tertiary/aromatic N) is 2. The third-order valence-corrected chi connectivity index (χ3v) is 4.61. The van der Waals surface area contributed by atoms with Gasteiger partial charge in [-0.2, -0.15) is 0 Å². The van der Waals surface area contributed by atoms with Crippen LogP contribution in [-0.4, -0.2) is 15.9 Å². The number of hydrogen-bond donors (Lipinski definition) is 1. The maximum atomic E-state index is 12.3. The minimum atomic E-state index is -0.257. The highest BCUT2D eigenvalue weighted by Crippen LogP contribution is 2.25. The van der Waals surface area contributed by atoms with E-state index in [2.05, 4.69) is 15.3 Å². The summed E-state index contributed by atoms with van der Waals surface area (Å²) in [5.41, 5.74) is 2.38. The van der Waals surface area contributed by atoms with Crippen LogP contribution >= 0.6 is 34.8 Å². The first-order chi connectivity index (χ1) is 12.5. The Kier molecular flexibility index (Phi) is 6.09. The van der Waals surface area contributed by atoms with E-state index >= 15 is 0 Å². The zero-order valence-electron chi connectivity index (χ0n) is 13.5. The summed E-state index contributed by atoms with van der Waals surface area (Å²) < 4.78 is 0. The summed E-state index contributed by atoms with van der Waals surface area (Å²) in [4.78, 5) is 20.6. The highest BCUT2D eigenvalue weighted by Gasteiger charge is 2.12. The number of amides is 1. The average Bonchev–Trinajstić information content (AvgIpc) is 2.59. The molecule has 0 unspecified atom stereocenters. The van der Waals surface area contributed by atoms with Gasteiger partial charge in [0.2, 0.25) is 5.91 Å². The van der Waals surface area contributed by atoms with Gasteiger partial charge in [0.25, 0.3) is 0 Å². The fourth-order valence-electron chi connectivity index (χ4n) is 2.47. The number of halogens is 3. The Morgan fingerprint density at radius 2 is 1.69 bits per heavy atom. The van der Waals surface area contributed by atoms with Crippen LogP contribution in [0.3, 0.4) is 0 Å². The van der Waals surface area contributed by atoms with Crippen molar-refractivity contribution in [1.29, 1.82) is 0 Å². The first-order valence-corrected chi connectivity index (χ1v) is 8.93. The molecule has 26 heavy (non-hydrogen) atoms. The summed E-state index contributed by atoms with van der Waals surface area (Å²) in [5.74, 6) is 0.164. The van der Waals surface area contributed by atoms with Crippen molar-refractivity contribution in [2.24, 2.45) is 0 Å². The van der Waals surface area contributed by atoms with E-state index in [1.807, 2.05) is 24.3 Å². The second kappa shape index (κ2) is 8.49. The van der Waals surface area contributed by atoms with Crippen LogP contribution in [0.1, 0.15) is 16.8 Å². The molecule has 0 saturated heterocycles. The Hall–Kier alpha value is -2.14. The quantitative estimate of drug-likeness (QED) is 0.633. The number of benzene rings is 2. The van der Waals surface area contributed by atoms with Crippen molar-refractivity contribution in [3.05, 3.63) is 86.7 Å². The first-order valence-electron chi connectivity index (χ1n) is 7.79. The topological polar surface area (TPSA) is 54.9 Å². The van der Waals surface area contributed by atoms with E-state index in [0.717, 1.165) is 11.3 Å². The monoisotopic (exact) mass is 405 g/mol. The van der Waals surface area contributed by atoms with Gasteiger partial charge >= 0.3 is 0 Å². The van der Waals surface area contributed by atoms with Gasteiger partial charge in [-0.05, 0) is 35.4 Å². The molecule has 0 fully saturated rings. The lowest BCUT2D eigenvalue weighted by molar-refractivity contribution is -0.115. The molecule has 0 aliphatic rings. The van der Waals surface area contributed by atoms with E-state index in [-0.39, 0.29) is 12.3 Å². The Balaban J connectivity index is 1.69. The smallest absolute Gasteiger partial charge is 0.230 e. The van der Waals surface area contributed by atoms with Gasteiger partial charge < -0.3 is 5.32 Å². The zero-order valence-corrected chi connectivity index (χ0v) is 15.8. The molecule has 0 saturated carbocycles. The Bertz CT molecular complexity index is 927. The molecule has 3 aromatic rings. The van der Waals surface area contributed by atoms with Crippen LogP contribution in [0.2, 0.25) is 15.1 Å². The van der Waals surface area contributed by atoms with Crippen LogP contribution in [0, 0.1) is 0 Å². The normalized spacial score (nSPS) is 10.6. The first kappa shape index (κ1) is 18.6. The van der Waals surface area contributed by atoms with Gasteiger partial charge in [-0.3, -0.25) is 4.79 Å². The molecule has 1 N–H and O–H groups in total. The SMILES string of the molecule is O=C(Cc1c(Cl)cccc1Cl)Nc1cc(Cc2cccc(Cl)c2)ncn1. The van der Waals surface area contributed by atoms with E-state index in [9.17, 15) is 4.79 Å². The number of carbonyl (C=O) groups excluding carboxylic acids is 1. The van der Waals surface area contributed by atoms with Gasteiger partial charge in [-0.1, -0.05) is 53.0 Å². The van der Waals surface area contributed by atoms with Gasteiger partial charge in [0.1, 0.15) is 12.1 Å². The van der Waals surface area contributed by atoms with Crippen LogP contribution in [0.25, 0.3) is 0 Å². The Labute approximate surface area is 166 Å². The molecule has 0 aliphatic heterocycles. The predicted molar refractivity (Wildman–Crippen MR) is 105 cm³/mol.